The van der Waals surface area contributed by atoms with E-state index in [1.807, 2.05) is 0 Å². The van der Waals surface area contributed by atoms with Gasteiger partial charge in [-0.2, -0.15) is 0 Å². The average Bonchev–Trinajstić information content (AvgIpc) is 3.22. The second kappa shape index (κ2) is 32.2. The van der Waals surface area contributed by atoms with Crippen molar-refractivity contribution >= 4 is 5.91 Å². The molecule has 2 aliphatic rings. The van der Waals surface area contributed by atoms with E-state index in [0.717, 1.165) is 70.6 Å². The molecular formula is C44H81NO13. The van der Waals surface area contributed by atoms with Crippen LogP contribution in [0.1, 0.15) is 155 Å². The maximum Gasteiger partial charge on any atom is 0.220 e. The minimum atomic E-state index is -1.78. The molecule has 0 aromatic carbocycles. The van der Waals surface area contributed by atoms with Crippen LogP contribution >= 0.6 is 0 Å². The number of allylic oxidation sites excluding steroid dienone is 4. The third kappa shape index (κ3) is 20.4. The van der Waals surface area contributed by atoms with Gasteiger partial charge in [0.25, 0.3) is 0 Å². The number of hydrogen-bond donors (Lipinski definition) is 9. The highest BCUT2D eigenvalue weighted by Gasteiger charge is 2.51. The number of hydrogen-bond acceptors (Lipinski definition) is 13. The van der Waals surface area contributed by atoms with Gasteiger partial charge in [-0.25, -0.2) is 0 Å². The third-order valence-electron chi connectivity index (χ3n) is 11.2. The predicted molar refractivity (Wildman–Crippen MR) is 221 cm³/mol. The monoisotopic (exact) mass is 832 g/mol. The molecule has 2 fully saturated rings. The van der Waals surface area contributed by atoms with E-state index in [0.29, 0.717) is 19.3 Å². The van der Waals surface area contributed by atoms with Gasteiger partial charge < -0.3 is 65.1 Å². The first-order valence-corrected chi connectivity index (χ1v) is 22.6. The summed E-state index contributed by atoms with van der Waals surface area (Å²) < 4.78 is 22.6. The molecular weight excluding hydrogens is 750 g/mol. The molecule has 2 aliphatic heterocycles. The number of amides is 1. The van der Waals surface area contributed by atoms with E-state index in [1.54, 1.807) is 0 Å². The lowest BCUT2D eigenvalue weighted by Gasteiger charge is -2.46. The summed E-state index contributed by atoms with van der Waals surface area (Å²) >= 11 is 0. The fraction of sp³-hybridized carbons (Fsp3) is 0.886. The van der Waals surface area contributed by atoms with E-state index in [2.05, 4.69) is 43.5 Å². The Bertz CT molecular complexity index is 1080. The van der Waals surface area contributed by atoms with Crippen molar-refractivity contribution in [1.29, 1.82) is 0 Å². The lowest BCUT2D eigenvalue weighted by molar-refractivity contribution is -0.359. The quantitative estimate of drug-likeness (QED) is 0.0334. The highest BCUT2D eigenvalue weighted by atomic mass is 16.7. The second-order valence-electron chi connectivity index (χ2n) is 16.2. The highest BCUT2D eigenvalue weighted by Crippen LogP contribution is 2.30. The number of aliphatic hydroxyl groups excluding tert-OH is 8. The largest absolute Gasteiger partial charge is 0.394 e. The molecule has 14 nitrogen and oxygen atoms in total. The molecule has 1 amide bonds. The Morgan fingerprint density at radius 1 is 0.621 bits per heavy atom. The summed E-state index contributed by atoms with van der Waals surface area (Å²) in [7, 11) is 0. The minimum absolute atomic E-state index is 0.222. The molecule has 340 valence electrons. The number of nitrogens with one attached hydrogen (secondary N) is 1. The number of aliphatic hydroxyl groups is 8. The molecule has 0 bridgehead atoms. The van der Waals surface area contributed by atoms with Crippen LogP contribution in [-0.4, -0.2) is 140 Å². The summed E-state index contributed by atoms with van der Waals surface area (Å²) in [4.78, 5) is 13.1. The van der Waals surface area contributed by atoms with E-state index < -0.39 is 86.8 Å². The molecule has 0 aromatic heterocycles. The van der Waals surface area contributed by atoms with Gasteiger partial charge in [0.05, 0.1) is 32.0 Å². The summed E-state index contributed by atoms with van der Waals surface area (Å²) in [5.74, 6) is -0.222. The maximum atomic E-state index is 13.1. The van der Waals surface area contributed by atoms with Gasteiger partial charge in [0, 0.05) is 6.42 Å². The van der Waals surface area contributed by atoms with Gasteiger partial charge in [-0.3, -0.25) is 4.79 Å². The summed E-state index contributed by atoms with van der Waals surface area (Å²) in [5, 5.41) is 86.2. The van der Waals surface area contributed by atoms with E-state index in [1.165, 1.54) is 51.4 Å². The van der Waals surface area contributed by atoms with Crippen LogP contribution in [0.25, 0.3) is 0 Å². The Morgan fingerprint density at radius 3 is 1.74 bits per heavy atom. The van der Waals surface area contributed by atoms with Crippen molar-refractivity contribution in [2.75, 3.05) is 19.8 Å². The first kappa shape index (κ1) is 52.6. The normalized spacial score (nSPS) is 29.0. The Hall–Kier alpha value is -1.53. The molecule has 0 aliphatic carbocycles. The standard InChI is InChI=1S/C44H81NO13/c1-3-5-7-9-11-12-13-14-15-16-17-18-19-20-21-22-24-26-28-36(49)45-32(33(48)27-25-23-10-8-6-4-2)31-55-43-41(54)39(52)42(35(30-47)57-43)58-44-40(53)38(51)37(50)34(29-46)56-44/h12-13,15-16,32-35,37-44,46-48,50-54H,3-11,14,17-31H2,1-2H3,(H,45,49)/b13-12-,16-15-. The molecule has 9 N–H and O–H groups in total. The molecule has 0 spiro atoms. The molecule has 0 radical (unpaired) electrons. The zero-order valence-corrected chi connectivity index (χ0v) is 35.5. The molecule has 0 saturated carbocycles. The van der Waals surface area contributed by atoms with Crippen molar-refractivity contribution < 1.29 is 64.6 Å². The van der Waals surface area contributed by atoms with Crippen LogP contribution in [0, 0.1) is 0 Å². The van der Waals surface area contributed by atoms with E-state index in [9.17, 15) is 45.6 Å². The Kier molecular flexibility index (Phi) is 29.2. The van der Waals surface area contributed by atoms with Gasteiger partial charge in [0.1, 0.15) is 48.8 Å². The highest BCUT2D eigenvalue weighted by molar-refractivity contribution is 5.76. The van der Waals surface area contributed by atoms with Crippen LogP contribution in [0.2, 0.25) is 0 Å². The summed E-state index contributed by atoms with van der Waals surface area (Å²) in [6.07, 6.45) is 15.1. The smallest absolute Gasteiger partial charge is 0.220 e. The van der Waals surface area contributed by atoms with Crippen LogP contribution in [0.15, 0.2) is 24.3 Å². The topological polar surface area (TPSA) is 228 Å². The zero-order chi connectivity index (χ0) is 42.5. The molecule has 0 aromatic rings. The van der Waals surface area contributed by atoms with Crippen molar-refractivity contribution in [3.63, 3.8) is 0 Å². The first-order chi connectivity index (χ1) is 28.1. The van der Waals surface area contributed by atoms with Gasteiger partial charge in [-0.05, 0) is 44.9 Å². The van der Waals surface area contributed by atoms with Crippen LogP contribution in [-0.2, 0) is 23.7 Å². The number of unbranched alkanes of at least 4 members (excludes halogenated alkanes) is 16. The van der Waals surface area contributed by atoms with Crippen molar-refractivity contribution in [3.8, 4) is 0 Å². The molecule has 58 heavy (non-hydrogen) atoms. The third-order valence-corrected chi connectivity index (χ3v) is 11.2. The van der Waals surface area contributed by atoms with Gasteiger partial charge >= 0.3 is 0 Å². The minimum Gasteiger partial charge on any atom is -0.394 e. The lowest BCUT2D eigenvalue weighted by Crippen LogP contribution is -2.65. The Labute approximate surface area is 348 Å². The van der Waals surface area contributed by atoms with E-state index in [4.69, 9.17) is 18.9 Å². The van der Waals surface area contributed by atoms with E-state index in [-0.39, 0.29) is 12.5 Å². The van der Waals surface area contributed by atoms with Crippen molar-refractivity contribution in [2.45, 2.75) is 229 Å². The summed E-state index contributed by atoms with van der Waals surface area (Å²) in [6.45, 7) is 2.73. The first-order valence-electron chi connectivity index (χ1n) is 22.6. The Balaban J connectivity index is 1.80. The number of carbonyl (C=O) groups excluding carboxylic acids is 1. The molecule has 12 atom stereocenters. The van der Waals surface area contributed by atoms with Crippen molar-refractivity contribution in [3.05, 3.63) is 24.3 Å². The Morgan fingerprint density at radius 2 is 1.14 bits per heavy atom. The SMILES string of the molecule is CCCCCC/C=C\C/C=C\CCCCCCCCCC(=O)NC(COC1OC(CO)C(OC2OC(CO)C(O)C(O)C2O)C(O)C1O)C(O)CCCCCCCC. The number of rotatable bonds is 33. The molecule has 14 heteroatoms. The average molecular weight is 832 g/mol. The molecule has 12 unspecified atom stereocenters. The number of carbonyl (C=O) groups is 1. The van der Waals surface area contributed by atoms with Crippen LogP contribution in [0.5, 0.6) is 0 Å². The van der Waals surface area contributed by atoms with Crippen LogP contribution in [0.4, 0.5) is 0 Å². The second-order valence-corrected chi connectivity index (χ2v) is 16.2. The van der Waals surface area contributed by atoms with Gasteiger partial charge in [-0.1, -0.05) is 128 Å². The van der Waals surface area contributed by atoms with Crippen LogP contribution < -0.4 is 5.32 Å². The fourth-order valence-corrected chi connectivity index (χ4v) is 7.38. The fourth-order valence-electron chi connectivity index (χ4n) is 7.38. The summed E-state index contributed by atoms with van der Waals surface area (Å²) in [6, 6.07) is -0.827. The maximum absolute atomic E-state index is 13.1. The van der Waals surface area contributed by atoms with E-state index >= 15 is 0 Å². The predicted octanol–water partition coefficient (Wildman–Crippen LogP) is 4.21. The molecule has 2 saturated heterocycles. The van der Waals surface area contributed by atoms with Crippen LogP contribution in [0.3, 0.4) is 0 Å². The van der Waals surface area contributed by atoms with Gasteiger partial charge in [-0.15, -0.1) is 0 Å². The van der Waals surface area contributed by atoms with Gasteiger partial charge in [0.2, 0.25) is 5.91 Å². The lowest BCUT2D eigenvalue weighted by atomic mass is 9.97. The van der Waals surface area contributed by atoms with Crippen molar-refractivity contribution in [2.24, 2.45) is 0 Å². The molecule has 2 rings (SSSR count). The van der Waals surface area contributed by atoms with Gasteiger partial charge in [0.15, 0.2) is 12.6 Å². The van der Waals surface area contributed by atoms with Crippen molar-refractivity contribution in [1.82, 2.24) is 5.32 Å². The number of ether oxygens (including phenoxy) is 4. The zero-order valence-electron chi connectivity index (χ0n) is 35.5. The molecule has 2 heterocycles. The summed E-state index contributed by atoms with van der Waals surface area (Å²) in [5.41, 5.74) is 0.